The van der Waals surface area contributed by atoms with Crippen LogP contribution in [0.5, 0.6) is 5.75 Å². The Kier molecular flexibility index (Phi) is 6.08. The van der Waals surface area contributed by atoms with Gasteiger partial charge < -0.3 is 4.74 Å². The predicted molar refractivity (Wildman–Crippen MR) is 96.5 cm³/mol. The molecule has 2 rings (SSSR count). The molecule has 0 saturated carbocycles. The van der Waals surface area contributed by atoms with Gasteiger partial charge in [-0.15, -0.1) is 6.42 Å². The number of terminal acetylenes is 1. The Morgan fingerprint density at radius 1 is 1.23 bits per heavy atom. The number of benzene rings is 2. The van der Waals surface area contributed by atoms with E-state index in [1.54, 1.807) is 24.3 Å². The number of hydrazone groups is 1. The first-order valence-corrected chi connectivity index (χ1v) is 7.39. The number of nitro benzene ring substituents is 2. The quantitative estimate of drug-likeness (QED) is 0.342. The number of halogens is 1. The zero-order valence-corrected chi connectivity index (χ0v) is 13.8. The van der Waals surface area contributed by atoms with Crippen LogP contribution >= 0.6 is 11.6 Å². The number of nitro groups is 2. The van der Waals surface area contributed by atoms with Crippen LogP contribution in [0.15, 0.2) is 47.6 Å². The van der Waals surface area contributed by atoms with Gasteiger partial charge in [-0.2, -0.15) is 5.10 Å². The van der Waals surface area contributed by atoms with Crippen molar-refractivity contribution < 1.29 is 14.6 Å². The standard InChI is InChI=1S/C16H11ClN4O5/c1-2-9-26-15-6-4-3-5-12(15)16(17)19-18-13-8-7-11(20(22)23)10-14(13)21(24)25/h1,3-8,10,18H,9H2/b19-16+. The highest BCUT2D eigenvalue weighted by Crippen LogP contribution is 2.29. The molecule has 2 aromatic rings. The highest BCUT2D eigenvalue weighted by atomic mass is 35.5. The van der Waals surface area contributed by atoms with Gasteiger partial charge in [0, 0.05) is 6.07 Å². The van der Waals surface area contributed by atoms with E-state index in [0.717, 1.165) is 12.1 Å². The van der Waals surface area contributed by atoms with Crippen LogP contribution in [0.2, 0.25) is 0 Å². The number of nitrogens with one attached hydrogen (secondary N) is 1. The Morgan fingerprint density at radius 2 is 1.96 bits per heavy atom. The van der Waals surface area contributed by atoms with Gasteiger partial charge in [0.15, 0.2) is 5.17 Å². The molecular formula is C16H11ClN4O5. The second-order valence-corrected chi connectivity index (χ2v) is 5.08. The van der Waals surface area contributed by atoms with Gasteiger partial charge in [0.1, 0.15) is 18.0 Å². The molecule has 2 aromatic carbocycles. The van der Waals surface area contributed by atoms with Crippen molar-refractivity contribution >= 4 is 33.8 Å². The summed E-state index contributed by atoms with van der Waals surface area (Å²) in [5.41, 5.74) is 1.88. The number of non-ortho nitro benzene ring substituents is 1. The summed E-state index contributed by atoms with van der Waals surface area (Å²) in [5.74, 6) is 2.71. The van der Waals surface area contributed by atoms with E-state index >= 15 is 0 Å². The van der Waals surface area contributed by atoms with E-state index in [0.29, 0.717) is 11.3 Å². The molecule has 10 heteroatoms. The monoisotopic (exact) mass is 374 g/mol. The first kappa shape index (κ1) is 18.7. The van der Waals surface area contributed by atoms with Crippen LogP contribution in [-0.2, 0) is 0 Å². The van der Waals surface area contributed by atoms with Crippen LogP contribution in [0.3, 0.4) is 0 Å². The maximum absolute atomic E-state index is 11.1. The molecule has 0 spiro atoms. The SMILES string of the molecule is C#CCOc1ccccc1/C(Cl)=N\Nc1ccc([N+](=O)[O-])cc1[N+](=O)[O-]. The van der Waals surface area contributed by atoms with Gasteiger partial charge >= 0.3 is 5.69 Å². The van der Waals surface area contributed by atoms with Gasteiger partial charge in [-0.05, 0) is 18.2 Å². The average molecular weight is 375 g/mol. The van der Waals surface area contributed by atoms with Crippen molar-refractivity contribution in [2.45, 2.75) is 0 Å². The van der Waals surface area contributed by atoms with Crippen LogP contribution in [-0.4, -0.2) is 21.6 Å². The van der Waals surface area contributed by atoms with Crippen LogP contribution in [0, 0.1) is 32.6 Å². The number of para-hydroxylation sites is 1. The number of nitrogens with zero attached hydrogens (tertiary/aromatic N) is 3. The number of rotatable bonds is 7. The molecule has 0 aromatic heterocycles. The van der Waals surface area contributed by atoms with Crippen molar-refractivity contribution in [1.29, 1.82) is 0 Å². The molecule has 0 fully saturated rings. The highest BCUT2D eigenvalue weighted by molar-refractivity contribution is 6.70. The number of hydrogen-bond donors (Lipinski definition) is 1. The Balaban J connectivity index is 2.31. The van der Waals surface area contributed by atoms with Gasteiger partial charge in [-0.25, -0.2) is 0 Å². The van der Waals surface area contributed by atoms with E-state index in [1.807, 2.05) is 0 Å². The Labute approximate surface area is 152 Å². The lowest BCUT2D eigenvalue weighted by molar-refractivity contribution is -0.393. The summed E-state index contributed by atoms with van der Waals surface area (Å²) in [5, 5.41) is 25.7. The Bertz CT molecular complexity index is 923. The summed E-state index contributed by atoms with van der Waals surface area (Å²) in [7, 11) is 0. The maximum atomic E-state index is 11.1. The lowest BCUT2D eigenvalue weighted by Crippen LogP contribution is -2.04. The van der Waals surface area contributed by atoms with Crippen molar-refractivity contribution in [2.24, 2.45) is 5.10 Å². The molecule has 132 valence electrons. The van der Waals surface area contributed by atoms with Crippen molar-refractivity contribution in [1.82, 2.24) is 0 Å². The topological polar surface area (TPSA) is 120 Å². The van der Waals surface area contributed by atoms with Gasteiger partial charge in [-0.1, -0.05) is 29.7 Å². The summed E-state index contributed by atoms with van der Waals surface area (Å²) in [4.78, 5) is 20.4. The van der Waals surface area contributed by atoms with Crippen molar-refractivity contribution in [3.05, 3.63) is 68.3 Å². The second-order valence-electron chi connectivity index (χ2n) is 4.72. The number of ether oxygens (including phenoxy) is 1. The zero-order valence-electron chi connectivity index (χ0n) is 13.1. The lowest BCUT2D eigenvalue weighted by atomic mass is 10.2. The van der Waals surface area contributed by atoms with E-state index in [2.05, 4.69) is 16.4 Å². The van der Waals surface area contributed by atoms with Crippen molar-refractivity contribution in [3.63, 3.8) is 0 Å². The third-order valence-corrected chi connectivity index (χ3v) is 3.37. The van der Waals surface area contributed by atoms with Crippen LogP contribution < -0.4 is 10.2 Å². The van der Waals surface area contributed by atoms with E-state index in [-0.39, 0.29) is 17.5 Å². The first-order valence-electron chi connectivity index (χ1n) is 7.01. The minimum absolute atomic E-state index is 0.0302. The summed E-state index contributed by atoms with van der Waals surface area (Å²) in [6, 6.07) is 9.80. The molecule has 26 heavy (non-hydrogen) atoms. The first-order chi connectivity index (χ1) is 12.4. The van der Waals surface area contributed by atoms with Gasteiger partial charge in [-0.3, -0.25) is 25.7 Å². The fraction of sp³-hybridized carbons (Fsp3) is 0.0625. The molecule has 0 atom stereocenters. The maximum Gasteiger partial charge on any atom is 0.301 e. The zero-order chi connectivity index (χ0) is 19.1. The Morgan fingerprint density at radius 3 is 2.62 bits per heavy atom. The predicted octanol–water partition coefficient (Wildman–Crippen LogP) is 3.53. The molecule has 0 heterocycles. The van der Waals surface area contributed by atoms with Gasteiger partial charge in [0.05, 0.1) is 21.5 Å². The normalized spacial score (nSPS) is 10.7. The molecule has 0 radical (unpaired) electrons. The summed E-state index contributed by atoms with van der Waals surface area (Å²) in [6.45, 7) is 0.0302. The van der Waals surface area contributed by atoms with Crippen molar-refractivity contribution in [2.75, 3.05) is 12.0 Å². The number of anilines is 1. The van der Waals surface area contributed by atoms with E-state index in [4.69, 9.17) is 22.8 Å². The van der Waals surface area contributed by atoms with E-state index < -0.39 is 21.2 Å². The third kappa shape index (κ3) is 4.46. The molecule has 0 aliphatic rings. The van der Waals surface area contributed by atoms with E-state index in [9.17, 15) is 20.2 Å². The smallest absolute Gasteiger partial charge is 0.301 e. The average Bonchev–Trinajstić information content (AvgIpc) is 2.64. The second kappa shape index (κ2) is 8.46. The fourth-order valence-electron chi connectivity index (χ4n) is 1.93. The molecule has 0 saturated heterocycles. The number of hydrogen-bond acceptors (Lipinski definition) is 7. The molecule has 0 aliphatic carbocycles. The van der Waals surface area contributed by atoms with Gasteiger partial charge in [0.2, 0.25) is 0 Å². The molecule has 0 bridgehead atoms. The fourth-order valence-corrected chi connectivity index (χ4v) is 2.13. The summed E-state index contributed by atoms with van der Waals surface area (Å²) < 4.78 is 5.35. The third-order valence-electron chi connectivity index (χ3n) is 3.08. The molecule has 1 N–H and O–H groups in total. The van der Waals surface area contributed by atoms with Crippen molar-refractivity contribution in [3.8, 4) is 18.1 Å². The summed E-state index contributed by atoms with van der Waals surface area (Å²) >= 11 is 6.13. The lowest BCUT2D eigenvalue weighted by Gasteiger charge is -2.08. The minimum atomic E-state index is -0.761. The van der Waals surface area contributed by atoms with Crippen LogP contribution in [0.25, 0.3) is 0 Å². The molecule has 9 nitrogen and oxygen atoms in total. The minimum Gasteiger partial charge on any atom is -0.480 e. The highest BCUT2D eigenvalue weighted by Gasteiger charge is 2.19. The molecular weight excluding hydrogens is 364 g/mol. The summed E-state index contributed by atoms with van der Waals surface area (Å²) in [6.07, 6.45) is 5.15. The Hall–Kier alpha value is -3.64. The van der Waals surface area contributed by atoms with E-state index in [1.165, 1.54) is 6.07 Å². The molecule has 0 aliphatic heterocycles. The largest absolute Gasteiger partial charge is 0.480 e. The van der Waals surface area contributed by atoms with Crippen LogP contribution in [0.4, 0.5) is 17.1 Å². The van der Waals surface area contributed by atoms with Crippen LogP contribution in [0.1, 0.15) is 5.56 Å². The van der Waals surface area contributed by atoms with Gasteiger partial charge in [0.25, 0.3) is 5.69 Å². The molecule has 0 amide bonds. The molecule has 0 unspecified atom stereocenters.